The first kappa shape index (κ1) is 24.7. The SMILES string of the molecule is Cc1nc(-c2ccccc2)cc(-c2ccccc2)n1.Cc1nc(-c2ccccc2)nc(-c2ccccc2)n1. The maximum Gasteiger partial charge on any atom is 0.163 e. The maximum absolute atomic E-state index is 4.55. The monoisotopic (exact) mass is 493 g/mol. The van der Waals surface area contributed by atoms with Crippen molar-refractivity contribution in [2.75, 3.05) is 0 Å². The summed E-state index contributed by atoms with van der Waals surface area (Å²) in [5.41, 5.74) is 6.17. The van der Waals surface area contributed by atoms with E-state index < -0.39 is 0 Å². The van der Waals surface area contributed by atoms with Gasteiger partial charge >= 0.3 is 0 Å². The van der Waals surface area contributed by atoms with Crippen LogP contribution >= 0.6 is 0 Å². The normalized spacial score (nSPS) is 10.4. The number of rotatable bonds is 4. The Balaban J connectivity index is 0.000000155. The summed E-state index contributed by atoms with van der Waals surface area (Å²) < 4.78 is 0. The largest absolute Gasteiger partial charge is 0.233 e. The minimum atomic E-state index is 0.715. The molecule has 4 aromatic carbocycles. The van der Waals surface area contributed by atoms with Crippen LogP contribution in [0.4, 0.5) is 0 Å². The fourth-order valence-corrected chi connectivity index (χ4v) is 4.00. The fraction of sp³-hybridized carbons (Fsp3) is 0.0606. The van der Waals surface area contributed by atoms with E-state index in [0.717, 1.165) is 45.3 Å². The Kier molecular flexibility index (Phi) is 7.66. The van der Waals surface area contributed by atoms with Gasteiger partial charge in [0.05, 0.1) is 11.4 Å². The lowest BCUT2D eigenvalue weighted by Gasteiger charge is -2.06. The van der Waals surface area contributed by atoms with Crippen molar-refractivity contribution in [1.82, 2.24) is 24.9 Å². The quantitative estimate of drug-likeness (QED) is 0.253. The maximum atomic E-state index is 4.55. The van der Waals surface area contributed by atoms with Gasteiger partial charge in [0.15, 0.2) is 11.6 Å². The van der Waals surface area contributed by atoms with Gasteiger partial charge in [0.2, 0.25) is 0 Å². The minimum Gasteiger partial charge on any atom is -0.233 e. The third-order valence-corrected chi connectivity index (χ3v) is 5.79. The van der Waals surface area contributed by atoms with Gasteiger partial charge in [-0.2, -0.15) is 0 Å². The molecule has 0 aliphatic rings. The lowest BCUT2D eigenvalue weighted by atomic mass is 10.1. The molecule has 0 fully saturated rings. The second kappa shape index (κ2) is 11.8. The standard InChI is InChI=1S/C17H14N2.C16H13N3/c1-13-18-16(14-8-4-2-5-9-14)12-17(19-13)15-10-6-3-7-11-15;1-12-17-15(13-8-4-2-5-9-13)19-16(18-12)14-10-6-3-7-11-14/h2-12H,1H3;2-11H,1H3. The van der Waals surface area contributed by atoms with Gasteiger partial charge in [0.1, 0.15) is 11.6 Å². The summed E-state index contributed by atoms with van der Waals surface area (Å²) in [4.78, 5) is 22.4. The average Bonchev–Trinajstić information content (AvgIpc) is 2.99. The topological polar surface area (TPSA) is 64.5 Å². The molecule has 38 heavy (non-hydrogen) atoms. The van der Waals surface area contributed by atoms with E-state index in [2.05, 4.69) is 49.2 Å². The van der Waals surface area contributed by atoms with Crippen molar-refractivity contribution in [3.05, 3.63) is 139 Å². The summed E-state index contributed by atoms with van der Waals surface area (Å²) in [6.07, 6.45) is 0. The van der Waals surface area contributed by atoms with E-state index in [4.69, 9.17) is 0 Å². The van der Waals surface area contributed by atoms with Crippen LogP contribution in [-0.2, 0) is 0 Å². The predicted molar refractivity (Wildman–Crippen MR) is 153 cm³/mol. The lowest BCUT2D eigenvalue weighted by molar-refractivity contribution is 0.992. The van der Waals surface area contributed by atoms with E-state index in [9.17, 15) is 0 Å². The van der Waals surface area contributed by atoms with E-state index in [-0.39, 0.29) is 0 Å². The minimum absolute atomic E-state index is 0.715. The third-order valence-electron chi connectivity index (χ3n) is 5.79. The van der Waals surface area contributed by atoms with Crippen molar-refractivity contribution in [2.24, 2.45) is 0 Å². The van der Waals surface area contributed by atoms with Gasteiger partial charge in [0.25, 0.3) is 0 Å². The zero-order valence-electron chi connectivity index (χ0n) is 21.4. The number of aromatic nitrogens is 5. The Morgan fingerprint density at radius 1 is 0.342 bits per heavy atom. The number of hydrogen-bond acceptors (Lipinski definition) is 5. The molecule has 0 radical (unpaired) electrons. The van der Waals surface area contributed by atoms with Gasteiger partial charge in [-0.25, -0.2) is 24.9 Å². The first-order chi connectivity index (χ1) is 18.7. The molecular formula is C33H27N5. The Hall–Kier alpha value is -5.03. The number of hydrogen-bond donors (Lipinski definition) is 0. The van der Waals surface area contributed by atoms with Gasteiger partial charge in [-0.15, -0.1) is 0 Å². The molecule has 2 aromatic heterocycles. The van der Waals surface area contributed by atoms with Crippen LogP contribution in [-0.4, -0.2) is 24.9 Å². The summed E-state index contributed by atoms with van der Waals surface area (Å²) in [7, 11) is 0. The summed E-state index contributed by atoms with van der Waals surface area (Å²) in [6.45, 7) is 3.82. The molecule has 5 nitrogen and oxygen atoms in total. The van der Waals surface area contributed by atoms with E-state index in [0.29, 0.717) is 11.6 Å². The van der Waals surface area contributed by atoms with Crippen molar-refractivity contribution >= 4 is 0 Å². The van der Waals surface area contributed by atoms with E-state index in [1.807, 2.05) is 117 Å². The second-order valence-corrected chi connectivity index (χ2v) is 8.68. The third kappa shape index (κ3) is 6.20. The first-order valence-electron chi connectivity index (χ1n) is 12.5. The number of nitrogens with zero attached hydrogens (tertiary/aromatic N) is 5. The molecule has 0 aliphatic heterocycles. The van der Waals surface area contributed by atoms with Crippen molar-refractivity contribution in [3.63, 3.8) is 0 Å². The highest BCUT2D eigenvalue weighted by atomic mass is 15.0. The Labute approximate surface area is 223 Å². The molecule has 0 bridgehead atoms. The van der Waals surface area contributed by atoms with Crippen LogP contribution in [0.15, 0.2) is 127 Å². The molecule has 0 atom stereocenters. The van der Waals surface area contributed by atoms with E-state index >= 15 is 0 Å². The van der Waals surface area contributed by atoms with Crippen LogP contribution in [0.25, 0.3) is 45.3 Å². The lowest BCUT2D eigenvalue weighted by Crippen LogP contribution is -1.99. The molecule has 0 saturated heterocycles. The van der Waals surface area contributed by atoms with Crippen LogP contribution in [0.5, 0.6) is 0 Å². The van der Waals surface area contributed by atoms with Gasteiger partial charge in [-0.05, 0) is 19.9 Å². The van der Waals surface area contributed by atoms with Crippen LogP contribution < -0.4 is 0 Å². The zero-order chi connectivity index (χ0) is 26.2. The second-order valence-electron chi connectivity index (χ2n) is 8.68. The smallest absolute Gasteiger partial charge is 0.163 e. The number of benzene rings is 4. The summed E-state index contributed by atoms with van der Waals surface area (Å²) in [5.74, 6) is 2.95. The summed E-state index contributed by atoms with van der Waals surface area (Å²) >= 11 is 0. The van der Waals surface area contributed by atoms with Gasteiger partial charge in [-0.3, -0.25) is 0 Å². The predicted octanol–water partition coefficient (Wildman–Crippen LogP) is 7.63. The molecule has 6 rings (SSSR count). The summed E-state index contributed by atoms with van der Waals surface area (Å²) in [6, 6.07) is 42.3. The van der Waals surface area contributed by atoms with Crippen LogP contribution in [0.3, 0.4) is 0 Å². The molecule has 0 amide bonds. The molecule has 0 aliphatic carbocycles. The highest BCUT2D eigenvalue weighted by Gasteiger charge is 2.08. The van der Waals surface area contributed by atoms with Gasteiger partial charge in [0, 0.05) is 22.3 Å². The van der Waals surface area contributed by atoms with E-state index in [1.54, 1.807) is 0 Å². The summed E-state index contributed by atoms with van der Waals surface area (Å²) in [5, 5.41) is 0. The Morgan fingerprint density at radius 3 is 1.03 bits per heavy atom. The highest BCUT2D eigenvalue weighted by Crippen LogP contribution is 2.23. The van der Waals surface area contributed by atoms with Crippen molar-refractivity contribution in [2.45, 2.75) is 13.8 Å². The van der Waals surface area contributed by atoms with Crippen LogP contribution in [0.1, 0.15) is 11.6 Å². The Morgan fingerprint density at radius 2 is 0.658 bits per heavy atom. The Bertz CT molecular complexity index is 1360. The molecule has 184 valence electrons. The average molecular weight is 494 g/mol. The molecule has 6 aromatic rings. The van der Waals surface area contributed by atoms with Gasteiger partial charge in [-0.1, -0.05) is 121 Å². The molecule has 0 saturated carbocycles. The van der Waals surface area contributed by atoms with Gasteiger partial charge < -0.3 is 0 Å². The molecule has 5 heteroatoms. The first-order valence-corrected chi connectivity index (χ1v) is 12.5. The van der Waals surface area contributed by atoms with E-state index in [1.165, 1.54) is 0 Å². The van der Waals surface area contributed by atoms with Crippen molar-refractivity contribution in [3.8, 4) is 45.3 Å². The molecule has 0 unspecified atom stereocenters. The molecule has 0 spiro atoms. The number of aryl methyl sites for hydroxylation is 2. The van der Waals surface area contributed by atoms with Crippen molar-refractivity contribution in [1.29, 1.82) is 0 Å². The van der Waals surface area contributed by atoms with Crippen LogP contribution in [0.2, 0.25) is 0 Å². The fourth-order valence-electron chi connectivity index (χ4n) is 4.00. The molecular weight excluding hydrogens is 466 g/mol. The zero-order valence-corrected chi connectivity index (χ0v) is 21.4. The molecule has 0 N–H and O–H groups in total. The van der Waals surface area contributed by atoms with Crippen LogP contribution in [0, 0.1) is 13.8 Å². The van der Waals surface area contributed by atoms with Crippen molar-refractivity contribution < 1.29 is 0 Å². The molecule has 2 heterocycles. The highest BCUT2D eigenvalue weighted by molar-refractivity contribution is 5.67.